The molecule has 1 N–H and O–H groups in total. The highest BCUT2D eigenvalue weighted by Gasteiger charge is 2.17. The van der Waals surface area contributed by atoms with Gasteiger partial charge in [0.2, 0.25) is 0 Å². The fourth-order valence-electron chi connectivity index (χ4n) is 1.81. The van der Waals surface area contributed by atoms with Crippen LogP contribution in [0.15, 0.2) is 65.6 Å². The van der Waals surface area contributed by atoms with E-state index in [1.165, 1.54) is 0 Å². The zero-order valence-electron chi connectivity index (χ0n) is 11.1. The summed E-state index contributed by atoms with van der Waals surface area (Å²) in [5, 5.41) is 8.98. The summed E-state index contributed by atoms with van der Waals surface area (Å²) in [6, 6.07) is 19.0. The van der Waals surface area contributed by atoms with Crippen molar-refractivity contribution in [2.45, 2.75) is 16.8 Å². The van der Waals surface area contributed by atoms with E-state index >= 15 is 0 Å². The third-order valence-electron chi connectivity index (χ3n) is 2.90. The van der Waals surface area contributed by atoms with Crippen LogP contribution in [0.4, 0.5) is 0 Å². The molecule has 2 unspecified atom stereocenters. The number of benzene rings is 2. The van der Waals surface area contributed by atoms with Gasteiger partial charge in [0, 0.05) is 4.90 Å². The lowest BCUT2D eigenvalue weighted by molar-refractivity contribution is 0.107. The zero-order chi connectivity index (χ0) is 14.2. The second-order valence-electron chi connectivity index (χ2n) is 4.42. The standard InChI is InChI=1S/C16H18O3S/c17-11-16(20(18)15-9-5-2-6-10-15)13-19-12-14-7-3-1-4-8-14/h1-10,16-17H,11-13H2. The smallest absolute Gasteiger partial charge is 0.0858 e. The molecule has 0 fully saturated rings. The molecule has 2 aromatic rings. The predicted octanol–water partition coefficient (Wildman–Crippen LogP) is 2.37. The van der Waals surface area contributed by atoms with Crippen molar-refractivity contribution in [1.82, 2.24) is 0 Å². The Balaban J connectivity index is 1.88. The molecule has 20 heavy (non-hydrogen) atoms. The fraction of sp³-hybridized carbons (Fsp3) is 0.250. The molecule has 0 heterocycles. The summed E-state index contributed by atoms with van der Waals surface area (Å²) in [6.07, 6.45) is 0. The normalized spacial score (nSPS) is 13.8. The van der Waals surface area contributed by atoms with Crippen molar-refractivity contribution in [1.29, 1.82) is 0 Å². The monoisotopic (exact) mass is 290 g/mol. The average molecular weight is 290 g/mol. The Morgan fingerprint density at radius 2 is 1.60 bits per heavy atom. The van der Waals surface area contributed by atoms with Gasteiger partial charge in [-0.3, -0.25) is 4.21 Å². The van der Waals surface area contributed by atoms with E-state index in [-0.39, 0.29) is 13.2 Å². The van der Waals surface area contributed by atoms with Gasteiger partial charge in [0.25, 0.3) is 0 Å². The van der Waals surface area contributed by atoms with Gasteiger partial charge in [0.15, 0.2) is 0 Å². The third-order valence-corrected chi connectivity index (χ3v) is 4.52. The van der Waals surface area contributed by atoms with E-state index in [9.17, 15) is 9.32 Å². The van der Waals surface area contributed by atoms with Crippen molar-refractivity contribution in [3.8, 4) is 0 Å². The number of hydrogen-bond donors (Lipinski definition) is 1. The quantitative estimate of drug-likeness (QED) is 0.851. The van der Waals surface area contributed by atoms with E-state index in [1.54, 1.807) is 12.1 Å². The Bertz CT molecular complexity index is 528. The van der Waals surface area contributed by atoms with Crippen LogP contribution >= 0.6 is 0 Å². The first-order chi connectivity index (χ1) is 9.81. The van der Waals surface area contributed by atoms with Crippen LogP contribution in [0.5, 0.6) is 0 Å². The minimum atomic E-state index is -1.25. The highest BCUT2D eigenvalue weighted by atomic mass is 32.2. The van der Waals surface area contributed by atoms with Crippen LogP contribution in [0.25, 0.3) is 0 Å². The maximum absolute atomic E-state index is 12.3. The second-order valence-corrected chi connectivity index (χ2v) is 6.15. The van der Waals surface area contributed by atoms with Gasteiger partial charge in [0.1, 0.15) is 0 Å². The van der Waals surface area contributed by atoms with Crippen LogP contribution in [0.3, 0.4) is 0 Å². The van der Waals surface area contributed by atoms with Crippen LogP contribution in [-0.4, -0.2) is 27.8 Å². The minimum Gasteiger partial charge on any atom is -0.395 e. The Kier molecular flexibility index (Phi) is 5.92. The predicted molar refractivity (Wildman–Crippen MR) is 79.8 cm³/mol. The van der Waals surface area contributed by atoms with Gasteiger partial charge in [-0.05, 0) is 17.7 Å². The summed E-state index contributed by atoms with van der Waals surface area (Å²) in [7, 11) is -1.25. The summed E-state index contributed by atoms with van der Waals surface area (Å²) in [5.74, 6) is 0. The first kappa shape index (κ1) is 14.9. The molecule has 2 aromatic carbocycles. The SMILES string of the molecule is O=S(c1ccccc1)C(CO)COCc1ccccc1. The zero-order valence-corrected chi connectivity index (χ0v) is 12.0. The summed E-state index contributed by atoms with van der Waals surface area (Å²) < 4.78 is 17.9. The summed E-state index contributed by atoms with van der Waals surface area (Å²) in [6.45, 7) is 0.576. The number of aliphatic hydroxyl groups excluding tert-OH is 1. The van der Waals surface area contributed by atoms with Gasteiger partial charge in [-0.1, -0.05) is 48.5 Å². The molecule has 106 valence electrons. The maximum atomic E-state index is 12.3. The lowest BCUT2D eigenvalue weighted by Gasteiger charge is -2.14. The minimum absolute atomic E-state index is 0.156. The van der Waals surface area contributed by atoms with Gasteiger partial charge < -0.3 is 9.84 Å². The average Bonchev–Trinajstić information content (AvgIpc) is 2.53. The van der Waals surface area contributed by atoms with Crippen LogP contribution in [0.2, 0.25) is 0 Å². The van der Waals surface area contributed by atoms with Crippen LogP contribution < -0.4 is 0 Å². The molecular formula is C16H18O3S. The molecular weight excluding hydrogens is 272 g/mol. The highest BCUT2D eigenvalue weighted by molar-refractivity contribution is 7.85. The van der Waals surface area contributed by atoms with Crippen molar-refractivity contribution < 1.29 is 14.1 Å². The molecule has 0 aliphatic rings. The van der Waals surface area contributed by atoms with Crippen molar-refractivity contribution >= 4 is 10.8 Å². The lowest BCUT2D eigenvalue weighted by Crippen LogP contribution is -2.25. The largest absolute Gasteiger partial charge is 0.395 e. The van der Waals surface area contributed by atoms with E-state index in [2.05, 4.69) is 0 Å². The molecule has 0 bridgehead atoms. The van der Waals surface area contributed by atoms with Crippen molar-refractivity contribution in [2.24, 2.45) is 0 Å². The topological polar surface area (TPSA) is 46.5 Å². The van der Waals surface area contributed by atoms with Crippen LogP contribution in [0.1, 0.15) is 5.56 Å². The number of ether oxygens (including phenoxy) is 1. The van der Waals surface area contributed by atoms with Crippen LogP contribution in [0, 0.1) is 0 Å². The Hall–Kier alpha value is -1.49. The molecule has 0 amide bonds. The molecule has 0 saturated heterocycles. The van der Waals surface area contributed by atoms with Crippen molar-refractivity contribution in [2.75, 3.05) is 13.2 Å². The number of rotatable bonds is 7. The van der Waals surface area contributed by atoms with E-state index in [0.29, 0.717) is 6.61 Å². The third kappa shape index (κ3) is 4.27. The summed E-state index contributed by atoms with van der Waals surface area (Å²) in [5.41, 5.74) is 1.06. The Labute approximate surface area is 121 Å². The molecule has 0 radical (unpaired) electrons. The molecule has 0 aliphatic heterocycles. The van der Waals surface area contributed by atoms with Crippen molar-refractivity contribution in [3.05, 3.63) is 66.2 Å². The lowest BCUT2D eigenvalue weighted by atomic mass is 10.2. The van der Waals surface area contributed by atoms with Crippen LogP contribution in [-0.2, 0) is 22.1 Å². The van der Waals surface area contributed by atoms with Crippen molar-refractivity contribution in [3.63, 3.8) is 0 Å². The fourth-order valence-corrected chi connectivity index (χ4v) is 2.98. The van der Waals surface area contributed by atoms with Gasteiger partial charge >= 0.3 is 0 Å². The molecule has 0 saturated carbocycles. The Morgan fingerprint density at radius 1 is 1.00 bits per heavy atom. The summed E-state index contributed by atoms with van der Waals surface area (Å²) >= 11 is 0. The van der Waals surface area contributed by atoms with Gasteiger partial charge in [0.05, 0.1) is 35.9 Å². The first-order valence-electron chi connectivity index (χ1n) is 6.49. The molecule has 4 heteroatoms. The maximum Gasteiger partial charge on any atom is 0.0858 e. The molecule has 0 aliphatic carbocycles. The van der Waals surface area contributed by atoms with Gasteiger partial charge in [-0.25, -0.2) is 0 Å². The highest BCUT2D eigenvalue weighted by Crippen LogP contribution is 2.12. The Morgan fingerprint density at radius 3 is 2.20 bits per heavy atom. The van der Waals surface area contributed by atoms with Gasteiger partial charge in [-0.2, -0.15) is 0 Å². The molecule has 2 rings (SSSR count). The van der Waals surface area contributed by atoms with E-state index < -0.39 is 16.0 Å². The van der Waals surface area contributed by atoms with E-state index in [4.69, 9.17) is 4.74 Å². The van der Waals surface area contributed by atoms with E-state index in [0.717, 1.165) is 10.5 Å². The number of hydrogen-bond acceptors (Lipinski definition) is 3. The molecule has 0 aromatic heterocycles. The molecule has 3 nitrogen and oxygen atoms in total. The molecule has 2 atom stereocenters. The van der Waals surface area contributed by atoms with E-state index in [1.807, 2.05) is 48.5 Å². The summed E-state index contributed by atoms with van der Waals surface area (Å²) in [4.78, 5) is 0.717. The first-order valence-corrected chi connectivity index (χ1v) is 7.70. The number of aliphatic hydroxyl groups is 1. The molecule has 0 spiro atoms. The second kappa shape index (κ2) is 7.94. The van der Waals surface area contributed by atoms with Gasteiger partial charge in [-0.15, -0.1) is 0 Å².